The van der Waals surface area contributed by atoms with Gasteiger partial charge >= 0.3 is 5.97 Å². The minimum Gasteiger partial charge on any atom is -0.510 e. The van der Waals surface area contributed by atoms with Gasteiger partial charge in [0.05, 0.1) is 16.8 Å². The van der Waals surface area contributed by atoms with Gasteiger partial charge in [-0.15, -0.1) is 5.11 Å². The van der Waals surface area contributed by atoms with Gasteiger partial charge in [0.2, 0.25) is 0 Å². The number of benzene rings is 4. The number of amides is 1. The number of carbonyl (C=O) groups excluding carboxylic acids is 2. The Bertz CT molecular complexity index is 1980. The number of phenols is 1. The molecule has 4 aromatic carbocycles. The zero-order chi connectivity index (χ0) is 33.8. The Morgan fingerprint density at radius 1 is 0.894 bits per heavy atom. The summed E-state index contributed by atoms with van der Waals surface area (Å²) in [6, 6.07) is 21.6. The van der Waals surface area contributed by atoms with Crippen molar-refractivity contribution in [3.05, 3.63) is 118 Å². The van der Waals surface area contributed by atoms with Crippen LogP contribution in [-0.2, 0) is 9.59 Å². The van der Waals surface area contributed by atoms with Crippen LogP contribution in [0.25, 0.3) is 10.8 Å². The van der Waals surface area contributed by atoms with E-state index in [0.29, 0.717) is 17.2 Å². The van der Waals surface area contributed by atoms with Crippen molar-refractivity contribution in [1.29, 1.82) is 0 Å². The lowest BCUT2D eigenvalue weighted by Crippen LogP contribution is -2.29. The Labute approximate surface area is 270 Å². The Kier molecular flexibility index (Phi) is 9.36. The molecule has 240 valence electrons. The van der Waals surface area contributed by atoms with Crippen LogP contribution in [0, 0.1) is 0 Å². The lowest BCUT2D eigenvalue weighted by Gasteiger charge is -2.25. The van der Waals surface area contributed by atoms with Gasteiger partial charge in [0, 0.05) is 16.3 Å². The Morgan fingerprint density at radius 2 is 1.53 bits per heavy atom. The number of aromatic hydroxyl groups is 1. The lowest BCUT2D eigenvalue weighted by atomic mass is 9.80. The zero-order valence-electron chi connectivity index (χ0n) is 25.9. The summed E-state index contributed by atoms with van der Waals surface area (Å²) in [5.41, 5.74) is 5.93. The summed E-state index contributed by atoms with van der Waals surface area (Å²) in [5, 5.41) is 41.0. The molecule has 1 aliphatic rings. The van der Waals surface area contributed by atoms with Crippen LogP contribution in [0.15, 0.2) is 112 Å². The summed E-state index contributed by atoms with van der Waals surface area (Å²) < 4.78 is 11.9. The fraction of sp³-hybridized carbons (Fsp3) is 0.194. The molecule has 1 aliphatic carbocycles. The maximum Gasteiger partial charge on any atom is 0.336 e. The fourth-order valence-corrected chi connectivity index (χ4v) is 5.50. The first-order valence-electron chi connectivity index (χ1n) is 14.8. The van der Waals surface area contributed by atoms with Crippen molar-refractivity contribution in [3.8, 4) is 17.2 Å². The summed E-state index contributed by atoms with van der Waals surface area (Å²) in [6.45, 7) is 5.90. The van der Waals surface area contributed by atoms with Gasteiger partial charge in [-0.1, -0.05) is 56.3 Å². The maximum absolute atomic E-state index is 13.6. The molecule has 11 heteroatoms. The third kappa shape index (κ3) is 6.55. The van der Waals surface area contributed by atoms with Crippen molar-refractivity contribution < 1.29 is 39.2 Å². The van der Waals surface area contributed by atoms with Gasteiger partial charge in [0.15, 0.2) is 5.78 Å². The fourth-order valence-electron chi connectivity index (χ4n) is 5.50. The number of carboxylic acid groups (broad SMARTS) is 1. The molecule has 0 heterocycles. The quantitative estimate of drug-likeness (QED) is 0.102. The van der Waals surface area contributed by atoms with E-state index in [1.807, 2.05) is 44.2 Å². The van der Waals surface area contributed by atoms with E-state index in [4.69, 9.17) is 15.2 Å². The van der Waals surface area contributed by atoms with Crippen molar-refractivity contribution in [2.45, 2.75) is 32.6 Å². The normalized spacial score (nSPS) is 15.1. The highest BCUT2D eigenvalue weighted by Gasteiger charge is 2.40. The minimum absolute atomic E-state index is 0.00843. The van der Waals surface area contributed by atoms with Crippen molar-refractivity contribution in [1.82, 2.24) is 0 Å². The van der Waals surface area contributed by atoms with Crippen LogP contribution < -0.4 is 15.2 Å². The van der Waals surface area contributed by atoms with Crippen LogP contribution in [0.4, 0.5) is 5.69 Å². The smallest absolute Gasteiger partial charge is 0.336 e. The first-order valence-corrected chi connectivity index (χ1v) is 14.8. The highest BCUT2D eigenvalue weighted by Crippen LogP contribution is 2.40. The van der Waals surface area contributed by atoms with Gasteiger partial charge in [-0.05, 0) is 60.4 Å². The zero-order valence-corrected chi connectivity index (χ0v) is 25.9. The summed E-state index contributed by atoms with van der Waals surface area (Å²) in [5.74, 6) is -3.64. The Hall–Kier alpha value is -5.97. The van der Waals surface area contributed by atoms with Crippen molar-refractivity contribution in [2.75, 3.05) is 13.2 Å². The molecule has 0 fully saturated rings. The number of Topliss-reactive ketones (excluding diaryl/α,β-unsaturated/α-hetero) is 1. The first kappa shape index (κ1) is 32.4. The SMILES string of the molecule is CC1=C(N=Nc2ccc(OCCOc3cc(C(C)C)c(O)c4ccccc34)cc2)C(=O)C(c2ccccc2C(=O)O)C(O)=C1C(N)=O. The molecule has 0 saturated heterocycles. The van der Waals surface area contributed by atoms with Crippen molar-refractivity contribution in [2.24, 2.45) is 16.0 Å². The number of carbonyl (C=O) groups is 3. The van der Waals surface area contributed by atoms with Crippen LogP contribution >= 0.6 is 0 Å². The van der Waals surface area contributed by atoms with Gasteiger partial charge in [-0.3, -0.25) is 9.59 Å². The van der Waals surface area contributed by atoms with Crippen LogP contribution in [0.3, 0.4) is 0 Å². The van der Waals surface area contributed by atoms with E-state index in [-0.39, 0.29) is 52.9 Å². The van der Waals surface area contributed by atoms with Gasteiger partial charge in [-0.25, -0.2) is 4.79 Å². The molecule has 0 saturated carbocycles. The average Bonchev–Trinajstić information content (AvgIpc) is 3.04. The molecular formula is C36H33N3O8. The van der Waals surface area contributed by atoms with E-state index in [1.54, 1.807) is 24.3 Å². The van der Waals surface area contributed by atoms with Crippen molar-refractivity contribution in [3.63, 3.8) is 0 Å². The number of ether oxygens (including phenoxy) is 2. The lowest BCUT2D eigenvalue weighted by molar-refractivity contribution is -0.117. The van der Waals surface area contributed by atoms with Gasteiger partial charge in [0.1, 0.15) is 47.8 Å². The molecule has 11 nitrogen and oxygen atoms in total. The number of aliphatic hydroxyl groups is 1. The molecule has 0 spiro atoms. The number of azo groups is 1. The van der Waals surface area contributed by atoms with E-state index in [0.717, 1.165) is 16.3 Å². The van der Waals surface area contributed by atoms with Gasteiger partial charge in [-0.2, -0.15) is 5.11 Å². The standard InChI is InChI=1S/C36H33N3O8/c1-19(2)27-18-28(23-8-4-6-10-25(23)32(27)40)47-17-16-46-22-14-12-21(13-15-22)38-39-31-20(3)29(35(37)43)33(41)30(34(31)42)24-9-5-7-11-26(24)36(44)45/h4-15,18-19,30,40-41H,16-17H2,1-3H3,(H2,37,43)(H,44,45). The molecule has 47 heavy (non-hydrogen) atoms. The Balaban J connectivity index is 1.29. The second kappa shape index (κ2) is 13.6. The molecule has 0 bridgehead atoms. The first-order chi connectivity index (χ1) is 22.5. The summed E-state index contributed by atoms with van der Waals surface area (Å²) in [6.07, 6.45) is 0. The number of hydrogen-bond acceptors (Lipinski definition) is 9. The third-order valence-corrected chi connectivity index (χ3v) is 7.85. The largest absolute Gasteiger partial charge is 0.510 e. The number of ketones is 1. The summed E-state index contributed by atoms with van der Waals surface area (Å²) >= 11 is 0. The number of carboxylic acids is 1. The van der Waals surface area contributed by atoms with E-state index in [2.05, 4.69) is 10.2 Å². The number of hydrogen-bond donors (Lipinski definition) is 4. The molecule has 0 radical (unpaired) electrons. The predicted molar refractivity (Wildman–Crippen MR) is 174 cm³/mol. The highest BCUT2D eigenvalue weighted by molar-refractivity contribution is 6.11. The molecule has 0 aliphatic heterocycles. The number of nitrogens with two attached hydrogens (primary N) is 1. The molecule has 1 unspecified atom stereocenters. The topological polar surface area (TPSA) is 181 Å². The number of primary amides is 1. The molecule has 4 aromatic rings. The maximum atomic E-state index is 13.6. The average molecular weight is 636 g/mol. The highest BCUT2D eigenvalue weighted by atomic mass is 16.5. The number of allylic oxidation sites excluding steroid dienone is 2. The second-order valence-electron chi connectivity index (χ2n) is 11.2. The number of aliphatic hydroxyl groups excluding tert-OH is 1. The third-order valence-electron chi connectivity index (χ3n) is 7.85. The number of nitrogens with zero attached hydrogens (tertiary/aromatic N) is 2. The van der Waals surface area contributed by atoms with Crippen molar-refractivity contribution >= 4 is 34.1 Å². The van der Waals surface area contributed by atoms with Gasteiger partial charge < -0.3 is 30.5 Å². The predicted octanol–water partition coefficient (Wildman–Crippen LogP) is 6.85. The number of phenolic OH excluding ortho intramolecular Hbond substituents is 1. The van der Waals surface area contributed by atoms with E-state index < -0.39 is 29.3 Å². The van der Waals surface area contributed by atoms with E-state index in [1.165, 1.54) is 31.2 Å². The number of fused-ring (bicyclic) bond motifs is 1. The monoisotopic (exact) mass is 635 g/mol. The van der Waals surface area contributed by atoms with Crippen LogP contribution in [0.1, 0.15) is 54.1 Å². The number of rotatable bonds is 11. The molecule has 1 atom stereocenters. The van der Waals surface area contributed by atoms with Crippen LogP contribution in [0.2, 0.25) is 0 Å². The summed E-state index contributed by atoms with van der Waals surface area (Å²) in [4.78, 5) is 37.7. The summed E-state index contributed by atoms with van der Waals surface area (Å²) in [7, 11) is 0. The van der Waals surface area contributed by atoms with E-state index >= 15 is 0 Å². The molecule has 1 amide bonds. The molecular weight excluding hydrogens is 602 g/mol. The van der Waals surface area contributed by atoms with E-state index in [9.17, 15) is 29.7 Å². The second-order valence-corrected chi connectivity index (χ2v) is 11.2. The minimum atomic E-state index is -1.50. The Morgan fingerprint density at radius 3 is 2.19 bits per heavy atom. The van der Waals surface area contributed by atoms with Gasteiger partial charge in [0.25, 0.3) is 5.91 Å². The molecule has 0 aromatic heterocycles. The van der Waals surface area contributed by atoms with Crippen LogP contribution in [0.5, 0.6) is 17.2 Å². The molecule has 5 N–H and O–H groups in total. The van der Waals surface area contributed by atoms with Crippen LogP contribution in [-0.4, -0.2) is 46.2 Å². The number of aromatic carboxylic acids is 1. The molecule has 5 rings (SSSR count).